The van der Waals surface area contributed by atoms with E-state index in [-0.39, 0.29) is 5.91 Å². The van der Waals surface area contributed by atoms with Crippen molar-refractivity contribution in [3.8, 4) is 0 Å². The Kier molecular flexibility index (Phi) is 3.48. The molecule has 1 aromatic carbocycles. The van der Waals surface area contributed by atoms with Crippen molar-refractivity contribution in [1.82, 2.24) is 14.8 Å². The van der Waals surface area contributed by atoms with Crippen molar-refractivity contribution in [2.24, 2.45) is 5.92 Å². The molecule has 1 amide bonds. The highest BCUT2D eigenvalue weighted by Crippen LogP contribution is 2.16. The molecule has 0 unspecified atom stereocenters. The normalized spacial score (nSPS) is 11.2. The molecule has 0 aliphatic carbocycles. The molecule has 3 rings (SSSR count). The van der Waals surface area contributed by atoms with E-state index >= 15 is 0 Å². The van der Waals surface area contributed by atoms with Gasteiger partial charge in [0, 0.05) is 23.5 Å². The lowest BCUT2D eigenvalue weighted by Crippen LogP contribution is -2.17. The summed E-state index contributed by atoms with van der Waals surface area (Å²) in [6, 6.07) is 11.5. The van der Waals surface area contributed by atoms with Crippen LogP contribution in [-0.4, -0.2) is 20.7 Å². The van der Waals surface area contributed by atoms with E-state index in [1.54, 1.807) is 6.20 Å². The fourth-order valence-corrected chi connectivity index (χ4v) is 2.31. The van der Waals surface area contributed by atoms with E-state index in [0.29, 0.717) is 17.4 Å². The summed E-state index contributed by atoms with van der Waals surface area (Å²) in [5.74, 6) is 1.03. The topological polar surface area (TPSA) is 62.7 Å². The highest BCUT2D eigenvalue weighted by Gasteiger charge is 2.12. The first kappa shape index (κ1) is 13.4. The largest absolute Gasteiger partial charge is 0.351 e. The van der Waals surface area contributed by atoms with Gasteiger partial charge in [-0.3, -0.25) is 4.79 Å². The molecule has 21 heavy (non-hydrogen) atoms. The number of hydrogen-bond donors (Lipinski definition) is 2. The van der Waals surface area contributed by atoms with Crippen LogP contribution in [0.3, 0.4) is 0 Å². The van der Waals surface area contributed by atoms with Crippen molar-refractivity contribution in [3.05, 3.63) is 48.3 Å². The lowest BCUT2D eigenvalue weighted by atomic mass is 10.2. The molecule has 0 saturated heterocycles. The van der Waals surface area contributed by atoms with Gasteiger partial charge in [-0.2, -0.15) is 5.10 Å². The molecule has 108 valence electrons. The smallest absolute Gasteiger partial charge is 0.273 e. The molecular weight excluding hydrogens is 264 g/mol. The molecule has 5 nitrogen and oxygen atoms in total. The number of benzene rings is 1. The number of aromatic nitrogens is 3. The zero-order chi connectivity index (χ0) is 14.8. The number of rotatable bonds is 4. The van der Waals surface area contributed by atoms with Crippen LogP contribution in [-0.2, 0) is 6.54 Å². The summed E-state index contributed by atoms with van der Waals surface area (Å²) >= 11 is 0. The highest BCUT2D eigenvalue weighted by atomic mass is 16.2. The van der Waals surface area contributed by atoms with Crippen LogP contribution in [0.15, 0.2) is 42.6 Å². The molecule has 0 aliphatic rings. The Bertz CT molecular complexity index is 736. The zero-order valence-electron chi connectivity index (χ0n) is 12.1. The monoisotopic (exact) mass is 282 g/mol. The second kappa shape index (κ2) is 5.44. The summed E-state index contributed by atoms with van der Waals surface area (Å²) in [6.07, 6.45) is 1.70. The van der Waals surface area contributed by atoms with Gasteiger partial charge in [0.25, 0.3) is 5.91 Å². The molecular formula is C16H18N4O. The van der Waals surface area contributed by atoms with Crippen molar-refractivity contribution in [3.63, 3.8) is 0 Å². The van der Waals surface area contributed by atoms with E-state index in [1.165, 1.54) is 0 Å². The summed E-state index contributed by atoms with van der Waals surface area (Å²) in [5, 5.41) is 8.17. The van der Waals surface area contributed by atoms with Gasteiger partial charge in [0.05, 0.1) is 6.20 Å². The van der Waals surface area contributed by atoms with Gasteiger partial charge in [-0.05, 0) is 18.1 Å². The molecule has 2 heterocycles. The molecule has 0 bridgehead atoms. The Morgan fingerprint density at radius 2 is 2.14 bits per heavy atom. The van der Waals surface area contributed by atoms with E-state index in [4.69, 9.17) is 0 Å². The minimum Gasteiger partial charge on any atom is -0.351 e. The second-order valence-electron chi connectivity index (χ2n) is 5.52. The third-order valence-corrected chi connectivity index (χ3v) is 3.27. The number of para-hydroxylation sites is 1. The maximum Gasteiger partial charge on any atom is 0.273 e. The van der Waals surface area contributed by atoms with Crippen LogP contribution in [0.4, 0.5) is 5.82 Å². The molecule has 0 aliphatic heterocycles. The Morgan fingerprint density at radius 3 is 2.90 bits per heavy atom. The van der Waals surface area contributed by atoms with Crippen molar-refractivity contribution in [1.29, 1.82) is 0 Å². The van der Waals surface area contributed by atoms with Crippen molar-refractivity contribution in [2.75, 3.05) is 5.32 Å². The van der Waals surface area contributed by atoms with Gasteiger partial charge in [0.1, 0.15) is 11.5 Å². The number of nitrogens with one attached hydrogen (secondary N) is 2. The van der Waals surface area contributed by atoms with Crippen LogP contribution >= 0.6 is 0 Å². The lowest BCUT2D eigenvalue weighted by Gasteiger charge is -2.10. The number of hydrogen-bond acceptors (Lipinski definition) is 2. The number of amides is 1. The molecule has 0 spiro atoms. The van der Waals surface area contributed by atoms with Crippen LogP contribution in [0.1, 0.15) is 24.3 Å². The minimum atomic E-state index is -0.156. The van der Waals surface area contributed by atoms with E-state index in [2.05, 4.69) is 29.2 Å². The predicted octanol–water partition coefficient (Wildman–Crippen LogP) is 3.27. The van der Waals surface area contributed by atoms with E-state index in [1.807, 2.05) is 41.1 Å². The van der Waals surface area contributed by atoms with E-state index in [0.717, 1.165) is 17.4 Å². The summed E-state index contributed by atoms with van der Waals surface area (Å²) < 4.78 is 1.81. The minimum absolute atomic E-state index is 0.156. The number of aromatic amines is 1. The first-order chi connectivity index (χ1) is 10.1. The summed E-state index contributed by atoms with van der Waals surface area (Å²) in [4.78, 5) is 15.5. The average molecular weight is 282 g/mol. The Hall–Kier alpha value is -2.56. The SMILES string of the molecule is CC(C)Cn1nccc1NC(=O)c1cc2ccccc2[nH]1. The molecule has 3 aromatic rings. The molecule has 0 atom stereocenters. The van der Waals surface area contributed by atoms with Gasteiger partial charge in [-0.1, -0.05) is 32.0 Å². The van der Waals surface area contributed by atoms with Gasteiger partial charge in [0.15, 0.2) is 0 Å². The first-order valence-corrected chi connectivity index (χ1v) is 7.04. The van der Waals surface area contributed by atoms with Gasteiger partial charge >= 0.3 is 0 Å². The lowest BCUT2D eigenvalue weighted by molar-refractivity contribution is 0.102. The number of fused-ring (bicyclic) bond motifs is 1. The maximum atomic E-state index is 12.3. The highest BCUT2D eigenvalue weighted by molar-refractivity contribution is 6.05. The van der Waals surface area contributed by atoms with Crippen molar-refractivity contribution < 1.29 is 4.79 Å². The zero-order valence-corrected chi connectivity index (χ0v) is 12.1. The summed E-state index contributed by atoms with van der Waals surface area (Å²) in [6.45, 7) is 5.01. The number of anilines is 1. The number of H-pyrrole nitrogens is 1. The quantitative estimate of drug-likeness (QED) is 0.771. The van der Waals surface area contributed by atoms with Crippen LogP contribution in [0.2, 0.25) is 0 Å². The van der Waals surface area contributed by atoms with Crippen molar-refractivity contribution in [2.45, 2.75) is 20.4 Å². The van der Waals surface area contributed by atoms with Crippen molar-refractivity contribution >= 4 is 22.6 Å². The fraction of sp³-hybridized carbons (Fsp3) is 0.250. The molecule has 2 N–H and O–H groups in total. The predicted molar refractivity (Wildman–Crippen MR) is 83.3 cm³/mol. The van der Waals surface area contributed by atoms with Crippen LogP contribution in [0.25, 0.3) is 10.9 Å². The van der Waals surface area contributed by atoms with E-state index < -0.39 is 0 Å². The molecule has 2 aromatic heterocycles. The Morgan fingerprint density at radius 1 is 1.33 bits per heavy atom. The van der Waals surface area contributed by atoms with Gasteiger partial charge < -0.3 is 10.3 Å². The fourth-order valence-electron chi connectivity index (χ4n) is 2.31. The van der Waals surface area contributed by atoms with Crippen LogP contribution in [0, 0.1) is 5.92 Å². The van der Waals surface area contributed by atoms with Crippen LogP contribution < -0.4 is 5.32 Å². The third kappa shape index (κ3) is 2.81. The summed E-state index contributed by atoms with van der Waals surface area (Å²) in [5.41, 5.74) is 1.51. The molecule has 0 fully saturated rings. The van der Waals surface area contributed by atoms with Gasteiger partial charge in [0.2, 0.25) is 0 Å². The molecule has 5 heteroatoms. The third-order valence-electron chi connectivity index (χ3n) is 3.27. The number of carbonyl (C=O) groups excluding carboxylic acids is 1. The number of nitrogens with zero attached hydrogens (tertiary/aromatic N) is 2. The molecule has 0 radical (unpaired) electrons. The van der Waals surface area contributed by atoms with Gasteiger partial charge in [-0.25, -0.2) is 4.68 Å². The second-order valence-corrected chi connectivity index (χ2v) is 5.52. The first-order valence-electron chi connectivity index (χ1n) is 7.04. The van der Waals surface area contributed by atoms with Crippen LogP contribution in [0.5, 0.6) is 0 Å². The average Bonchev–Trinajstić information content (AvgIpc) is 3.05. The Balaban J connectivity index is 1.81. The van der Waals surface area contributed by atoms with E-state index in [9.17, 15) is 4.79 Å². The molecule has 0 saturated carbocycles. The number of carbonyl (C=O) groups is 1. The summed E-state index contributed by atoms with van der Waals surface area (Å²) in [7, 11) is 0. The maximum absolute atomic E-state index is 12.3. The van der Waals surface area contributed by atoms with Gasteiger partial charge in [-0.15, -0.1) is 0 Å². The Labute approximate surface area is 123 Å². The standard InChI is InChI=1S/C16H18N4O/c1-11(2)10-20-15(7-8-17-20)19-16(21)14-9-12-5-3-4-6-13(12)18-14/h3-9,11,18H,10H2,1-2H3,(H,19,21).